The molecular formula is C16H27AlClNO. The molecule has 4 heteroatoms. The molecule has 2 nitrogen and oxygen atoms in total. The first-order chi connectivity index (χ1) is 8.93. The number of ether oxygens (including phenoxy) is 1. The zero-order chi connectivity index (χ0) is 14.5. The van der Waals surface area contributed by atoms with Crippen LogP contribution in [0.25, 0.3) is 5.57 Å². The number of hydrogen-bond donors (Lipinski definition) is 1. The van der Waals surface area contributed by atoms with Gasteiger partial charge < -0.3 is 10.1 Å². The van der Waals surface area contributed by atoms with Crippen molar-refractivity contribution in [3.05, 3.63) is 29.8 Å². The van der Waals surface area contributed by atoms with Crippen LogP contribution < -0.4 is 10.1 Å². The maximum atomic E-state index is 5.52. The molecule has 0 bridgehead atoms. The Morgan fingerprint density at radius 3 is 2.40 bits per heavy atom. The van der Waals surface area contributed by atoms with Crippen LogP contribution in [0.2, 0.25) is 5.28 Å². The first kappa shape index (κ1) is 19.4. The molecule has 1 heterocycles. The molecule has 0 spiro atoms. The molecule has 1 aromatic carbocycles. The van der Waals surface area contributed by atoms with E-state index in [0.29, 0.717) is 6.61 Å². The number of rotatable bonds is 2. The van der Waals surface area contributed by atoms with Gasteiger partial charge in [0.2, 0.25) is 16.3 Å². The Balaban J connectivity index is 0.000000830. The Labute approximate surface area is 137 Å². The zero-order valence-electron chi connectivity index (χ0n) is 13.5. The summed E-state index contributed by atoms with van der Waals surface area (Å²) in [5, 5.41) is 4.89. The van der Waals surface area contributed by atoms with Crippen molar-refractivity contribution in [1.82, 2.24) is 0 Å². The molecule has 112 valence electrons. The number of benzene rings is 1. The summed E-state index contributed by atoms with van der Waals surface area (Å²) in [6, 6.07) is 6.22. The molecule has 0 saturated heterocycles. The number of nitrogens with one attached hydrogen (secondary N) is 1. The molecule has 0 unspecified atom stereocenters. The number of halogens is 1. The van der Waals surface area contributed by atoms with E-state index in [9.17, 15) is 0 Å². The van der Waals surface area contributed by atoms with Crippen LogP contribution in [0.5, 0.6) is 5.75 Å². The van der Waals surface area contributed by atoms with Gasteiger partial charge in [-0.25, -0.2) is 0 Å². The van der Waals surface area contributed by atoms with Crippen molar-refractivity contribution >= 4 is 40.0 Å². The average Bonchev–Trinajstić information content (AvgIpc) is 2.30. The van der Waals surface area contributed by atoms with E-state index in [2.05, 4.69) is 51.2 Å². The molecule has 2 rings (SSSR count). The number of allylic oxidation sites excluding steroid dienone is 1. The number of fused-ring (bicyclic) bond motifs is 1. The van der Waals surface area contributed by atoms with E-state index in [4.69, 9.17) is 4.74 Å². The molecule has 20 heavy (non-hydrogen) atoms. The zero-order valence-corrected chi connectivity index (χ0v) is 16.4. The van der Waals surface area contributed by atoms with Crippen molar-refractivity contribution < 1.29 is 4.74 Å². The van der Waals surface area contributed by atoms with Gasteiger partial charge in [0.05, 0.1) is 12.1 Å². The summed E-state index contributed by atoms with van der Waals surface area (Å²) in [7, 11) is 0. The molecule has 1 aliphatic rings. The summed E-state index contributed by atoms with van der Waals surface area (Å²) in [5.74, 6) is 0.940. The van der Waals surface area contributed by atoms with Gasteiger partial charge >= 0.3 is 0 Å². The SMILES string of the molecule is CCOc1ccc2c(c1)C(C)=CC(C)(C)N2.C[CH2][AlH2].Cl. The highest BCUT2D eigenvalue weighted by atomic mass is 35.5. The summed E-state index contributed by atoms with van der Waals surface area (Å²) >= 11 is 1.37. The van der Waals surface area contributed by atoms with Gasteiger partial charge in [-0.05, 0) is 51.5 Å². The van der Waals surface area contributed by atoms with E-state index < -0.39 is 0 Å². The van der Waals surface area contributed by atoms with Gasteiger partial charge in [0.1, 0.15) is 5.75 Å². The smallest absolute Gasteiger partial charge is 0.211 e. The van der Waals surface area contributed by atoms with Crippen molar-refractivity contribution in [2.75, 3.05) is 11.9 Å². The summed E-state index contributed by atoms with van der Waals surface area (Å²) < 4.78 is 5.52. The van der Waals surface area contributed by atoms with E-state index in [1.807, 2.05) is 13.0 Å². The lowest BCUT2D eigenvalue weighted by molar-refractivity contribution is 0.340. The highest BCUT2D eigenvalue weighted by Gasteiger charge is 2.22. The number of anilines is 1. The second kappa shape index (κ2) is 8.62. The van der Waals surface area contributed by atoms with E-state index in [1.165, 1.54) is 38.4 Å². The van der Waals surface area contributed by atoms with Gasteiger partial charge in [0, 0.05) is 11.3 Å². The van der Waals surface area contributed by atoms with Gasteiger partial charge in [-0.1, -0.05) is 13.0 Å². The van der Waals surface area contributed by atoms with Gasteiger partial charge in [0.15, 0.2) is 0 Å². The van der Waals surface area contributed by atoms with Crippen molar-refractivity contribution in [1.29, 1.82) is 0 Å². The third kappa shape index (κ3) is 5.40. The van der Waals surface area contributed by atoms with Crippen LogP contribution in [0.1, 0.15) is 40.2 Å². The van der Waals surface area contributed by atoms with Crippen LogP contribution in [-0.4, -0.2) is 28.4 Å². The van der Waals surface area contributed by atoms with Gasteiger partial charge in [0.25, 0.3) is 0 Å². The standard InChI is InChI=1S/C14H19NO.C2H5.Al.ClH.2H/c1-5-16-11-6-7-13-12(8-11)10(2)9-14(3,4)15-13;1-2;;;;/h6-9,15H,5H2,1-4H3;1H2,2H3;;1H;;. The topological polar surface area (TPSA) is 21.3 Å². The number of hydrogen-bond acceptors (Lipinski definition) is 2. The fourth-order valence-corrected chi connectivity index (χ4v) is 2.22. The summed E-state index contributed by atoms with van der Waals surface area (Å²) in [4.78, 5) is 0. The van der Waals surface area contributed by atoms with E-state index >= 15 is 0 Å². The fourth-order valence-electron chi connectivity index (χ4n) is 2.22. The van der Waals surface area contributed by atoms with Crippen LogP contribution in [0, 0.1) is 0 Å². The minimum Gasteiger partial charge on any atom is -0.494 e. The normalized spacial score (nSPS) is 14.6. The Hall–Kier alpha value is -0.618. The lowest BCUT2D eigenvalue weighted by Crippen LogP contribution is -2.31. The van der Waals surface area contributed by atoms with Crippen molar-refractivity contribution in [3.63, 3.8) is 0 Å². The minimum atomic E-state index is 0. The first-order valence-corrected chi connectivity index (χ1v) is 8.59. The lowest BCUT2D eigenvalue weighted by Gasteiger charge is -2.31. The maximum Gasteiger partial charge on any atom is 0.211 e. The fraction of sp³-hybridized carbons (Fsp3) is 0.500. The second-order valence-corrected chi connectivity index (χ2v) is 6.94. The Bertz CT molecular complexity index is 458. The summed E-state index contributed by atoms with van der Waals surface area (Å²) in [6.45, 7) is 11.4. The molecule has 1 aromatic rings. The molecule has 0 fully saturated rings. The van der Waals surface area contributed by atoms with Crippen LogP contribution in [0.4, 0.5) is 5.69 Å². The Morgan fingerprint density at radius 1 is 1.25 bits per heavy atom. The third-order valence-electron chi connectivity index (χ3n) is 2.76. The molecule has 0 aromatic heterocycles. The predicted octanol–water partition coefficient (Wildman–Crippen LogP) is 4.17. The second-order valence-electron chi connectivity index (χ2n) is 5.52. The van der Waals surface area contributed by atoms with E-state index in [1.54, 1.807) is 0 Å². The van der Waals surface area contributed by atoms with Gasteiger partial charge in [-0.3, -0.25) is 0 Å². The van der Waals surface area contributed by atoms with Crippen LogP contribution in [0.15, 0.2) is 24.3 Å². The van der Waals surface area contributed by atoms with Gasteiger partial charge in [-0.15, -0.1) is 17.7 Å². The molecule has 1 aliphatic heterocycles. The van der Waals surface area contributed by atoms with E-state index in [0.717, 1.165) is 5.75 Å². The average molecular weight is 312 g/mol. The molecule has 0 aliphatic carbocycles. The summed E-state index contributed by atoms with van der Waals surface area (Å²) in [5.41, 5.74) is 3.77. The molecular weight excluding hydrogens is 285 g/mol. The van der Waals surface area contributed by atoms with Crippen molar-refractivity contribution in [3.8, 4) is 5.75 Å². The van der Waals surface area contributed by atoms with Crippen molar-refractivity contribution in [2.45, 2.75) is 45.4 Å². The largest absolute Gasteiger partial charge is 0.494 e. The molecule has 0 atom stereocenters. The van der Waals surface area contributed by atoms with Crippen LogP contribution in [0.3, 0.4) is 0 Å². The quantitative estimate of drug-likeness (QED) is 0.828. The highest BCUT2D eigenvalue weighted by molar-refractivity contribution is 6.08. The monoisotopic (exact) mass is 311 g/mol. The van der Waals surface area contributed by atoms with Gasteiger partial charge in [-0.2, -0.15) is 0 Å². The lowest BCUT2D eigenvalue weighted by atomic mass is 9.91. The molecule has 0 amide bonds. The third-order valence-corrected chi connectivity index (χ3v) is 2.76. The molecule has 1 N–H and O–H groups in total. The van der Waals surface area contributed by atoms with Crippen LogP contribution in [-0.2, 0) is 0 Å². The van der Waals surface area contributed by atoms with Crippen molar-refractivity contribution in [2.24, 2.45) is 0 Å². The van der Waals surface area contributed by atoms with E-state index in [-0.39, 0.29) is 17.9 Å². The molecule has 0 saturated carbocycles. The first-order valence-electron chi connectivity index (χ1n) is 7.18. The maximum absolute atomic E-state index is 5.52. The predicted molar refractivity (Wildman–Crippen MR) is 95.2 cm³/mol. The van der Waals surface area contributed by atoms with Crippen LogP contribution >= 0.6 is 12.4 Å². The Kier molecular flexibility index (Phi) is 8.35. The molecule has 0 radical (unpaired) electrons. The minimum absolute atomic E-state index is 0. The summed E-state index contributed by atoms with van der Waals surface area (Å²) in [6.07, 6.45) is 2.26. The highest BCUT2D eigenvalue weighted by Crippen LogP contribution is 2.35. The Morgan fingerprint density at radius 2 is 1.85 bits per heavy atom.